The van der Waals surface area contributed by atoms with Gasteiger partial charge in [0, 0.05) is 34.2 Å². The average molecular weight is 427 g/mol. The molecule has 1 N–H and O–H groups in total. The molecular formula is C16H13BrClN3O2S. The number of ether oxygens (including phenoxy) is 1. The molecule has 2 heterocycles. The van der Waals surface area contributed by atoms with Crippen molar-refractivity contribution in [1.82, 2.24) is 15.0 Å². The maximum atomic E-state index is 12.9. The number of fused-ring (bicyclic) bond motifs is 1. The Morgan fingerprint density at radius 2 is 2.25 bits per heavy atom. The van der Waals surface area contributed by atoms with Gasteiger partial charge < -0.3 is 9.72 Å². The van der Waals surface area contributed by atoms with Crippen LogP contribution in [0.25, 0.3) is 22.2 Å². The van der Waals surface area contributed by atoms with Gasteiger partial charge in [-0.2, -0.15) is 0 Å². The highest BCUT2D eigenvalue weighted by Gasteiger charge is 2.26. The third kappa shape index (κ3) is 3.09. The number of hydrogen-bond donors (Lipinski definition) is 1. The number of aromatic amines is 1. The molecule has 1 aromatic carbocycles. The van der Waals surface area contributed by atoms with Crippen LogP contribution in [0, 0.1) is 0 Å². The lowest BCUT2D eigenvalue weighted by molar-refractivity contribution is 0.0791. The second kappa shape index (κ2) is 7.23. The average Bonchev–Trinajstić information content (AvgIpc) is 2.95. The summed E-state index contributed by atoms with van der Waals surface area (Å²) in [5.41, 5.74) is 1.98. The summed E-state index contributed by atoms with van der Waals surface area (Å²) in [7, 11) is 1.51. The fourth-order valence-corrected chi connectivity index (χ4v) is 3.54. The van der Waals surface area contributed by atoms with Gasteiger partial charge in [-0.3, -0.25) is 4.79 Å². The molecule has 24 heavy (non-hydrogen) atoms. The van der Waals surface area contributed by atoms with Crippen molar-refractivity contribution in [3.8, 4) is 11.3 Å². The second-order valence-corrected chi connectivity index (χ2v) is 7.11. The Morgan fingerprint density at radius 3 is 2.88 bits per heavy atom. The minimum Gasteiger partial charge on any atom is -0.362 e. The van der Waals surface area contributed by atoms with E-state index in [0.717, 1.165) is 15.4 Å². The van der Waals surface area contributed by atoms with Crippen LogP contribution in [-0.4, -0.2) is 39.5 Å². The fraction of sp³-hybridized carbons (Fsp3) is 0.188. The van der Waals surface area contributed by atoms with E-state index >= 15 is 0 Å². The fourth-order valence-electron chi connectivity index (χ4n) is 2.51. The SMILES string of the molecule is COC(SC)C(=O)c1[nH]c2cc(Br)c(Cl)cc2c1-c1ccncn1. The summed E-state index contributed by atoms with van der Waals surface area (Å²) in [6, 6.07) is 5.42. The van der Waals surface area contributed by atoms with E-state index in [1.807, 2.05) is 18.4 Å². The van der Waals surface area contributed by atoms with Crippen LogP contribution < -0.4 is 0 Å². The normalized spacial score (nSPS) is 12.5. The van der Waals surface area contributed by atoms with E-state index in [4.69, 9.17) is 16.3 Å². The number of nitrogens with zero attached hydrogens (tertiary/aromatic N) is 2. The Labute approximate surface area is 156 Å². The van der Waals surface area contributed by atoms with Gasteiger partial charge in [0.1, 0.15) is 6.33 Å². The van der Waals surface area contributed by atoms with Crippen LogP contribution in [0.3, 0.4) is 0 Å². The van der Waals surface area contributed by atoms with Crippen molar-refractivity contribution in [2.24, 2.45) is 0 Å². The number of rotatable bonds is 5. The molecule has 0 fully saturated rings. The zero-order chi connectivity index (χ0) is 17.3. The molecule has 0 amide bonds. The monoisotopic (exact) mass is 425 g/mol. The molecule has 2 aromatic heterocycles. The molecule has 0 radical (unpaired) electrons. The molecule has 124 valence electrons. The number of methoxy groups -OCH3 is 1. The number of carbonyl (C=O) groups is 1. The molecule has 3 rings (SSSR count). The van der Waals surface area contributed by atoms with Crippen molar-refractivity contribution in [2.75, 3.05) is 13.4 Å². The van der Waals surface area contributed by atoms with Crippen LogP contribution in [0.1, 0.15) is 10.5 Å². The largest absolute Gasteiger partial charge is 0.362 e. The Balaban J connectivity index is 2.30. The zero-order valence-corrected chi connectivity index (χ0v) is 16.0. The van der Waals surface area contributed by atoms with E-state index < -0.39 is 5.44 Å². The summed E-state index contributed by atoms with van der Waals surface area (Å²) >= 11 is 11.0. The number of Topliss-reactive ketones (excluding diaryl/α,β-unsaturated/α-hetero) is 1. The number of halogens is 2. The standard InChI is InChI=1S/C16H13BrClN3O2S/c1-23-16(24-2)15(22)14-13(11-3-4-19-7-20-11)8-5-10(18)9(17)6-12(8)21-14/h3-7,16,21H,1-2H3. The Morgan fingerprint density at radius 1 is 1.46 bits per heavy atom. The van der Waals surface area contributed by atoms with Gasteiger partial charge in [0.05, 0.1) is 16.4 Å². The molecule has 0 aliphatic heterocycles. The van der Waals surface area contributed by atoms with E-state index in [-0.39, 0.29) is 5.78 Å². The molecule has 0 saturated carbocycles. The minimum absolute atomic E-state index is 0.151. The third-order valence-electron chi connectivity index (χ3n) is 3.57. The lowest BCUT2D eigenvalue weighted by Gasteiger charge is -2.11. The number of thioether (sulfide) groups is 1. The summed E-state index contributed by atoms with van der Waals surface area (Å²) in [6.45, 7) is 0. The highest BCUT2D eigenvalue weighted by atomic mass is 79.9. The number of ketones is 1. The van der Waals surface area contributed by atoms with E-state index in [0.29, 0.717) is 22.0 Å². The maximum Gasteiger partial charge on any atom is 0.218 e. The third-order valence-corrected chi connectivity index (χ3v) is 5.60. The van der Waals surface area contributed by atoms with Crippen molar-refractivity contribution in [2.45, 2.75) is 5.44 Å². The Kier molecular flexibility index (Phi) is 5.24. The molecule has 1 atom stereocenters. The van der Waals surface area contributed by atoms with Crippen LogP contribution in [0.15, 0.2) is 35.2 Å². The summed E-state index contributed by atoms with van der Waals surface area (Å²) in [5, 5.41) is 1.38. The molecule has 0 bridgehead atoms. The van der Waals surface area contributed by atoms with Crippen LogP contribution in [0.2, 0.25) is 5.02 Å². The molecule has 1 unspecified atom stereocenters. The lowest BCUT2D eigenvalue weighted by Crippen LogP contribution is -2.20. The Hall–Kier alpha value is -1.41. The lowest BCUT2D eigenvalue weighted by atomic mass is 10.1. The molecule has 0 aliphatic carbocycles. The van der Waals surface area contributed by atoms with Gasteiger partial charge in [-0.15, -0.1) is 11.8 Å². The number of hydrogen-bond acceptors (Lipinski definition) is 5. The highest BCUT2D eigenvalue weighted by Crippen LogP contribution is 2.37. The summed E-state index contributed by atoms with van der Waals surface area (Å²) in [4.78, 5) is 24.3. The number of nitrogens with one attached hydrogen (secondary N) is 1. The van der Waals surface area contributed by atoms with Crippen LogP contribution >= 0.6 is 39.3 Å². The highest BCUT2D eigenvalue weighted by molar-refractivity contribution is 9.10. The number of aromatic nitrogens is 3. The quantitative estimate of drug-likeness (QED) is 0.478. The topological polar surface area (TPSA) is 67.9 Å². The zero-order valence-electron chi connectivity index (χ0n) is 12.8. The van der Waals surface area contributed by atoms with Crippen molar-refractivity contribution in [3.05, 3.63) is 45.9 Å². The van der Waals surface area contributed by atoms with E-state index in [1.54, 1.807) is 12.3 Å². The summed E-state index contributed by atoms with van der Waals surface area (Å²) in [5.74, 6) is -0.151. The molecule has 0 aliphatic rings. The molecule has 0 saturated heterocycles. The van der Waals surface area contributed by atoms with Crippen LogP contribution in [0.5, 0.6) is 0 Å². The van der Waals surface area contributed by atoms with Crippen molar-refractivity contribution in [3.63, 3.8) is 0 Å². The van der Waals surface area contributed by atoms with Gasteiger partial charge in [-0.05, 0) is 40.4 Å². The minimum atomic E-state index is -0.599. The van der Waals surface area contributed by atoms with Gasteiger partial charge in [0.25, 0.3) is 0 Å². The van der Waals surface area contributed by atoms with Crippen molar-refractivity contribution in [1.29, 1.82) is 0 Å². The molecule has 8 heteroatoms. The van der Waals surface area contributed by atoms with Gasteiger partial charge in [0.2, 0.25) is 5.78 Å². The van der Waals surface area contributed by atoms with Crippen LogP contribution in [0.4, 0.5) is 0 Å². The number of carbonyl (C=O) groups excluding carboxylic acids is 1. The smallest absolute Gasteiger partial charge is 0.218 e. The molecular weight excluding hydrogens is 414 g/mol. The first-order valence-electron chi connectivity index (χ1n) is 6.93. The molecule has 3 aromatic rings. The summed E-state index contributed by atoms with van der Waals surface area (Å²) < 4.78 is 6.02. The molecule has 0 spiro atoms. The predicted octanol–water partition coefficient (Wildman–Crippen LogP) is 4.56. The van der Waals surface area contributed by atoms with Gasteiger partial charge in [0.15, 0.2) is 5.44 Å². The first kappa shape index (κ1) is 17.4. The van der Waals surface area contributed by atoms with E-state index in [2.05, 4.69) is 30.9 Å². The van der Waals surface area contributed by atoms with Crippen molar-refractivity contribution >= 4 is 56.0 Å². The van der Waals surface area contributed by atoms with Crippen LogP contribution in [-0.2, 0) is 4.74 Å². The van der Waals surface area contributed by atoms with E-state index in [1.165, 1.54) is 25.2 Å². The summed E-state index contributed by atoms with van der Waals surface area (Å²) in [6.07, 6.45) is 4.91. The van der Waals surface area contributed by atoms with Gasteiger partial charge in [-0.25, -0.2) is 9.97 Å². The van der Waals surface area contributed by atoms with Crippen molar-refractivity contribution < 1.29 is 9.53 Å². The predicted molar refractivity (Wildman–Crippen MR) is 101 cm³/mol. The molecule has 5 nitrogen and oxygen atoms in total. The Bertz CT molecular complexity index is 897. The second-order valence-electron chi connectivity index (χ2n) is 4.95. The first-order valence-corrected chi connectivity index (χ1v) is 9.39. The van der Waals surface area contributed by atoms with Gasteiger partial charge >= 0.3 is 0 Å². The van der Waals surface area contributed by atoms with E-state index in [9.17, 15) is 4.79 Å². The number of H-pyrrole nitrogens is 1. The van der Waals surface area contributed by atoms with Gasteiger partial charge in [-0.1, -0.05) is 11.6 Å². The number of benzene rings is 1. The first-order chi connectivity index (χ1) is 11.6. The maximum absolute atomic E-state index is 12.9.